The fraction of sp³-hybridized carbons (Fsp3) is 0.108. The van der Waals surface area contributed by atoms with Crippen LogP contribution in [0.1, 0.15) is 63.0 Å². The second-order valence-corrected chi connectivity index (χ2v) is 19.8. The fourth-order valence-electron chi connectivity index (χ4n) is 9.18. The molecule has 6 aromatic carbocycles. The molecule has 0 saturated heterocycles. The molecule has 0 unspecified atom stereocenters. The van der Waals surface area contributed by atoms with E-state index in [1.54, 1.807) is 90.6 Å². The Hall–Kier alpha value is -7.29. The number of carbonyl (C=O) groups excluding carboxylic acids is 3. The number of halogens is 7. The zero-order valence-corrected chi connectivity index (χ0v) is 61.9. The van der Waals surface area contributed by atoms with Gasteiger partial charge in [0, 0.05) is 74.2 Å². The van der Waals surface area contributed by atoms with Crippen molar-refractivity contribution in [2.75, 3.05) is 13.2 Å². The quantitative estimate of drug-likeness (QED) is 0.0292. The van der Waals surface area contributed by atoms with Crippen molar-refractivity contribution in [2.24, 2.45) is 0 Å². The van der Waals surface area contributed by atoms with Gasteiger partial charge in [-0.1, -0.05) is 52.3 Å². The number of nitrogens with zero attached hydrogens (tertiary/aromatic N) is 8. The number of carbonyl (C=O) groups is 4. The van der Waals surface area contributed by atoms with E-state index in [2.05, 4.69) is 70.1 Å². The van der Waals surface area contributed by atoms with E-state index in [1.165, 1.54) is 20.9 Å². The van der Waals surface area contributed by atoms with E-state index in [0.29, 0.717) is 5.56 Å². The summed E-state index contributed by atoms with van der Waals surface area (Å²) in [6.07, 6.45) is 13.9. The second-order valence-electron chi connectivity index (χ2n) is 19.2. The van der Waals surface area contributed by atoms with Gasteiger partial charge in [-0.15, -0.1) is 0 Å². The summed E-state index contributed by atoms with van der Waals surface area (Å²) in [4.78, 5) is 85.6. The predicted molar refractivity (Wildman–Crippen MR) is 331 cm³/mol. The first-order chi connectivity index (χ1) is 44.8. The fourth-order valence-corrected chi connectivity index (χ4v) is 9.56. The molecule has 0 amide bonds. The Morgan fingerprint density at radius 2 is 0.887 bits per heavy atom. The van der Waals surface area contributed by atoms with Gasteiger partial charge in [-0.2, -0.15) is 15.3 Å². The minimum absolute atomic E-state index is 0. The number of fused-ring (bicyclic) bond motifs is 3. The Morgan fingerprint density at radius 3 is 1.25 bits per heavy atom. The van der Waals surface area contributed by atoms with Gasteiger partial charge in [-0.3, -0.25) is 19.2 Å². The van der Waals surface area contributed by atoms with Crippen molar-refractivity contribution in [1.29, 1.82) is 0 Å². The molecule has 3 N–H and O–H groups in total. The summed E-state index contributed by atoms with van der Waals surface area (Å²) >= 11 is 3.41. The number of pyridine rings is 3. The van der Waals surface area contributed by atoms with E-state index in [1.807, 2.05) is 41.2 Å². The molecule has 0 spiro atoms. The molecule has 12 aromatic rings. The molecule has 0 atom stereocenters. The van der Waals surface area contributed by atoms with Crippen LogP contribution in [-0.2, 0) is 37.6 Å². The summed E-state index contributed by atoms with van der Waals surface area (Å²) in [7, 11) is 0. The Kier molecular flexibility index (Phi) is 33.3. The summed E-state index contributed by atoms with van der Waals surface area (Å²) in [5, 5.41) is 29.5. The van der Waals surface area contributed by atoms with Crippen LogP contribution in [-0.4, -0.2) is 91.6 Å². The minimum Gasteiger partial charge on any atom is -1.00 e. The molecule has 97 heavy (non-hydrogen) atoms. The van der Waals surface area contributed by atoms with Crippen LogP contribution in [0.3, 0.4) is 0 Å². The number of nitrogens with one attached hydrogen (secondary N) is 1. The number of hydrogen-bond donors (Lipinski definition) is 2. The van der Waals surface area contributed by atoms with Gasteiger partial charge in [-0.25, -0.2) is 54.8 Å². The van der Waals surface area contributed by atoms with Crippen LogP contribution in [0.2, 0.25) is 0 Å². The monoisotopic (exact) mass is 1460 g/mol. The van der Waals surface area contributed by atoms with Gasteiger partial charge in [0.05, 0.1) is 63.0 Å². The van der Waals surface area contributed by atoms with Crippen molar-refractivity contribution in [3.8, 4) is 17.1 Å². The summed E-state index contributed by atoms with van der Waals surface area (Å²) in [6, 6.07) is 33.5. The van der Waals surface area contributed by atoms with Crippen LogP contribution in [0.15, 0.2) is 198 Å². The van der Waals surface area contributed by atoms with Gasteiger partial charge in [0.2, 0.25) is 16.3 Å². The van der Waals surface area contributed by atoms with Crippen LogP contribution in [0, 0.1) is 34.9 Å². The number of alkyl halides is 1. The minimum atomic E-state index is -1.50. The zero-order valence-electron chi connectivity index (χ0n) is 53.0. The maximum absolute atomic E-state index is 14.6. The van der Waals surface area contributed by atoms with Crippen molar-refractivity contribution in [3.05, 3.63) is 282 Å². The molecule has 0 fully saturated rings. The SMILES string of the molecule is BrCc1ccc(-n2cccn2)cc1.CCOC(=O)c1c[nH]c2c(F)ccc(F)c2c1=O.CCOC(=O)c1cn(Cc2ccc(-n3cccn3)cc2)c2c(F)ccc(F)c2c1=O.O=C(O)c1cn(Cc2ccc(-n3cccn3)cc2)c2c(F)ccc(F)c2c1=O.O=CO[O-].[H-].[K+].[K+].[Na+].[OH-]. The van der Waals surface area contributed by atoms with Gasteiger partial charge < -0.3 is 45.7 Å². The predicted octanol–water partition coefficient (Wildman–Crippen LogP) is 1.03. The Bertz CT molecular complexity index is 4840. The number of H-pyrrole nitrogens is 1. The molecular weight excluding hydrogens is 1410 g/mol. The van der Waals surface area contributed by atoms with Gasteiger partial charge in [-0.05, 0) is 122 Å². The van der Waals surface area contributed by atoms with Crippen molar-refractivity contribution in [3.63, 3.8) is 0 Å². The van der Waals surface area contributed by atoms with Gasteiger partial charge >= 0.3 is 150 Å². The van der Waals surface area contributed by atoms with E-state index in [9.17, 15) is 60.2 Å². The summed E-state index contributed by atoms with van der Waals surface area (Å²) in [6.45, 7) is 3.30. The van der Waals surface area contributed by atoms with Crippen LogP contribution in [0.25, 0.3) is 49.8 Å². The van der Waals surface area contributed by atoms with E-state index in [4.69, 9.17) is 14.8 Å². The van der Waals surface area contributed by atoms with Crippen LogP contribution in [0.5, 0.6) is 0 Å². The third-order valence-corrected chi connectivity index (χ3v) is 14.1. The maximum atomic E-state index is 14.6. The number of aromatic amines is 1. The molecule has 6 heterocycles. The zero-order chi connectivity index (χ0) is 66.9. The molecule has 0 radical (unpaired) electrons. The molecule has 22 nitrogen and oxygen atoms in total. The molecule has 0 aliphatic heterocycles. The molecule has 0 saturated carbocycles. The number of benzene rings is 6. The molecule has 0 aliphatic carbocycles. The normalized spacial score (nSPS) is 10.2. The van der Waals surface area contributed by atoms with Crippen molar-refractivity contribution >= 4 is 73.0 Å². The summed E-state index contributed by atoms with van der Waals surface area (Å²) < 4.78 is 102. The first kappa shape index (κ1) is 82.1. The molecule has 12 rings (SSSR count). The number of carboxylic acid groups (broad SMARTS) is 1. The number of ether oxygens (including phenoxy) is 2. The number of hydrogen-bond acceptors (Lipinski definition) is 15. The number of rotatable bonds is 14. The summed E-state index contributed by atoms with van der Waals surface area (Å²) in [5.41, 5.74) is 0.569. The Morgan fingerprint density at radius 1 is 0.546 bits per heavy atom. The molecule has 0 aliphatic rings. The standard InChI is InChI=1S/C22H17F2N3O3.C20H13F2N3O3.C12H9F2NO3.C10H9BrN2.CH2O3.2K.Na.H2O.H/c1-2-30-22(29)16-13-26(20-18(24)9-8-17(23)19(20)21(16)28)12-14-4-6-15(7-5-14)27-11-3-10-25-27;21-15-6-7-16(22)18-17(15)19(26)14(20(27)28)11-24(18)10-12-2-4-13(5-3-12)25-9-1-8-23-25;1-2-18-12(17)6-5-15-10-8(14)4-3-7(13)9(10)11(6)16;11-8-9-2-4-10(5-3-9)13-7-1-6-12-13;2-1-4-3;;;;;/h3-11,13H,2,12H2,1H3;1-9,11H,10H2,(H,27,28);3-5H,2H2,1H3,(H,15,16);1-7H,8H2;1,3H;;;;1H2;/q;;;;;3*+1;;-1/p-2. The van der Waals surface area contributed by atoms with Crippen LogP contribution in [0.4, 0.5) is 26.3 Å². The van der Waals surface area contributed by atoms with Crippen LogP contribution < -0.4 is 154 Å². The number of esters is 2. The average Bonchev–Trinajstić information content (AvgIpc) is 0.814. The number of aromatic carboxylic acids is 1. The van der Waals surface area contributed by atoms with E-state index >= 15 is 0 Å². The maximum Gasteiger partial charge on any atom is 1.00 e. The summed E-state index contributed by atoms with van der Waals surface area (Å²) in [5.74, 6) is -8.33. The topological polar surface area (TPSA) is 300 Å². The van der Waals surface area contributed by atoms with Gasteiger partial charge in [0.1, 0.15) is 51.6 Å². The first-order valence-corrected chi connectivity index (χ1v) is 28.6. The Labute approximate surface area is 662 Å². The van der Waals surface area contributed by atoms with Crippen molar-refractivity contribution < 1.29 is 209 Å². The second kappa shape index (κ2) is 39.3. The van der Waals surface area contributed by atoms with Crippen LogP contribution >= 0.6 is 15.9 Å². The first-order valence-electron chi connectivity index (χ1n) is 27.5. The third kappa shape index (κ3) is 20.4. The van der Waals surface area contributed by atoms with Crippen molar-refractivity contribution in [2.45, 2.75) is 32.3 Å². The third-order valence-electron chi connectivity index (χ3n) is 13.4. The van der Waals surface area contributed by atoms with Gasteiger partial charge in [0.15, 0.2) is 0 Å². The number of aromatic nitrogens is 9. The average molecular weight is 1460 g/mol. The largest absolute Gasteiger partial charge is 1.00 e. The van der Waals surface area contributed by atoms with E-state index < -0.39 is 90.8 Å². The molecule has 32 heteroatoms. The molecule has 6 aromatic heterocycles. The van der Waals surface area contributed by atoms with E-state index in [0.717, 1.165) is 76.7 Å². The van der Waals surface area contributed by atoms with E-state index in [-0.39, 0.29) is 200 Å². The number of carboxylic acids is 1. The smallest absolute Gasteiger partial charge is 1.00 e. The van der Waals surface area contributed by atoms with Crippen molar-refractivity contribution in [1.82, 2.24) is 43.5 Å². The Balaban J connectivity index is 0.000000341. The molecule has 486 valence electrons. The van der Waals surface area contributed by atoms with Gasteiger partial charge in [0.25, 0.3) is 6.47 Å². The molecule has 0 bridgehead atoms. The molecular formula is C65H51BrF6K2N9NaO13.